The maximum Gasteiger partial charge on any atom is 0.407 e. The standard InChI is InChI=1S/C25H27NO8/c1-14(22(34-16(3)28)13-32-15(2)27)23(24(29)30)26-25(31)33-12-21-19-10-6-4-8-17(19)18-9-5-7-11-20(18)21/h4-11,14,21-23H,12-13H2,1-3H3,(H,26,31)(H,29,30)/t14-,22-,23-/m0/s1. The van der Waals surface area contributed by atoms with Gasteiger partial charge >= 0.3 is 24.0 Å². The van der Waals surface area contributed by atoms with Crippen molar-refractivity contribution < 1.29 is 38.5 Å². The lowest BCUT2D eigenvalue weighted by atomic mass is 9.96. The van der Waals surface area contributed by atoms with Crippen molar-refractivity contribution in [1.82, 2.24) is 5.32 Å². The van der Waals surface area contributed by atoms with E-state index in [9.17, 15) is 24.3 Å². The van der Waals surface area contributed by atoms with Crippen LogP contribution in [0.25, 0.3) is 11.1 Å². The molecule has 0 saturated carbocycles. The minimum atomic E-state index is -1.45. The Balaban J connectivity index is 1.69. The normalized spacial score (nSPS) is 14.7. The third kappa shape index (κ3) is 5.72. The number of aliphatic carboxylic acids is 1. The van der Waals surface area contributed by atoms with Crippen LogP contribution in [-0.4, -0.2) is 54.5 Å². The van der Waals surface area contributed by atoms with E-state index in [-0.39, 0.29) is 19.1 Å². The number of benzene rings is 2. The van der Waals surface area contributed by atoms with E-state index in [1.54, 1.807) is 0 Å². The van der Waals surface area contributed by atoms with Crippen LogP contribution in [0.1, 0.15) is 37.8 Å². The molecule has 0 heterocycles. The van der Waals surface area contributed by atoms with Gasteiger partial charge in [0, 0.05) is 25.7 Å². The summed E-state index contributed by atoms with van der Waals surface area (Å²) in [6.45, 7) is 3.48. The molecule has 2 aromatic rings. The first-order valence-electron chi connectivity index (χ1n) is 10.8. The van der Waals surface area contributed by atoms with Crippen molar-refractivity contribution in [3.8, 4) is 11.1 Å². The number of amides is 1. The van der Waals surface area contributed by atoms with E-state index in [0.29, 0.717) is 0 Å². The van der Waals surface area contributed by atoms with Gasteiger partial charge in [-0.25, -0.2) is 9.59 Å². The number of hydrogen-bond acceptors (Lipinski definition) is 7. The Morgan fingerprint density at radius 3 is 1.97 bits per heavy atom. The molecular formula is C25H27NO8. The number of rotatable bonds is 9. The fourth-order valence-corrected chi connectivity index (χ4v) is 4.11. The molecule has 0 unspecified atom stereocenters. The Labute approximate surface area is 197 Å². The number of carboxylic acid groups (broad SMARTS) is 1. The number of ether oxygens (including phenoxy) is 3. The molecule has 2 aromatic carbocycles. The molecule has 0 fully saturated rings. The zero-order valence-corrected chi connectivity index (χ0v) is 19.1. The highest BCUT2D eigenvalue weighted by molar-refractivity contribution is 5.81. The second-order valence-electron chi connectivity index (χ2n) is 8.10. The Morgan fingerprint density at radius 2 is 1.47 bits per heavy atom. The van der Waals surface area contributed by atoms with Gasteiger partial charge in [-0.05, 0) is 22.3 Å². The molecule has 0 aliphatic heterocycles. The molecule has 0 spiro atoms. The van der Waals surface area contributed by atoms with E-state index in [1.165, 1.54) is 13.8 Å². The highest BCUT2D eigenvalue weighted by atomic mass is 16.6. The third-order valence-corrected chi connectivity index (χ3v) is 5.76. The molecule has 9 nitrogen and oxygen atoms in total. The summed E-state index contributed by atoms with van der Waals surface area (Å²) in [5.74, 6) is -3.73. The highest BCUT2D eigenvalue weighted by Gasteiger charge is 2.36. The molecule has 1 amide bonds. The lowest BCUT2D eigenvalue weighted by Crippen LogP contribution is -2.50. The van der Waals surface area contributed by atoms with Crippen LogP contribution in [0.15, 0.2) is 48.5 Å². The Hall–Kier alpha value is -3.88. The van der Waals surface area contributed by atoms with Gasteiger partial charge in [0.1, 0.15) is 25.4 Å². The summed E-state index contributed by atoms with van der Waals surface area (Å²) in [4.78, 5) is 47.0. The average Bonchev–Trinajstić information content (AvgIpc) is 3.11. The van der Waals surface area contributed by atoms with Gasteiger partial charge in [-0.3, -0.25) is 9.59 Å². The third-order valence-electron chi connectivity index (χ3n) is 5.76. The first kappa shape index (κ1) is 24.8. The van der Waals surface area contributed by atoms with Gasteiger partial charge in [0.15, 0.2) is 0 Å². The van der Waals surface area contributed by atoms with Gasteiger partial charge in [0.2, 0.25) is 0 Å². The van der Waals surface area contributed by atoms with E-state index >= 15 is 0 Å². The predicted molar refractivity (Wildman–Crippen MR) is 121 cm³/mol. The summed E-state index contributed by atoms with van der Waals surface area (Å²) in [6, 6.07) is 14.2. The van der Waals surface area contributed by atoms with Crippen molar-refractivity contribution in [2.75, 3.05) is 13.2 Å². The van der Waals surface area contributed by atoms with Crippen molar-refractivity contribution in [1.29, 1.82) is 0 Å². The molecule has 180 valence electrons. The number of esters is 2. The predicted octanol–water partition coefficient (Wildman–Crippen LogP) is 3.11. The van der Waals surface area contributed by atoms with Crippen molar-refractivity contribution in [3.05, 3.63) is 59.7 Å². The fraction of sp³-hybridized carbons (Fsp3) is 0.360. The largest absolute Gasteiger partial charge is 0.480 e. The second-order valence-corrected chi connectivity index (χ2v) is 8.10. The molecule has 34 heavy (non-hydrogen) atoms. The maximum absolute atomic E-state index is 12.6. The molecular weight excluding hydrogens is 442 g/mol. The van der Waals surface area contributed by atoms with Gasteiger partial charge in [-0.2, -0.15) is 0 Å². The Bertz CT molecular complexity index is 1040. The summed E-state index contributed by atoms with van der Waals surface area (Å²) in [5, 5.41) is 12.0. The first-order chi connectivity index (χ1) is 16.2. The van der Waals surface area contributed by atoms with E-state index in [0.717, 1.165) is 29.2 Å². The number of alkyl carbamates (subject to hydrolysis) is 1. The smallest absolute Gasteiger partial charge is 0.407 e. The summed E-state index contributed by atoms with van der Waals surface area (Å²) >= 11 is 0. The van der Waals surface area contributed by atoms with Gasteiger partial charge in [0.05, 0.1) is 0 Å². The zero-order chi connectivity index (χ0) is 24.8. The minimum absolute atomic E-state index is 0.0153. The first-order valence-corrected chi connectivity index (χ1v) is 10.8. The molecule has 9 heteroatoms. The summed E-state index contributed by atoms with van der Waals surface area (Å²) in [6.07, 6.45) is -1.99. The lowest BCUT2D eigenvalue weighted by molar-refractivity contribution is -0.162. The van der Waals surface area contributed by atoms with E-state index in [1.807, 2.05) is 48.5 Å². The van der Waals surface area contributed by atoms with Gasteiger partial charge in [-0.1, -0.05) is 55.5 Å². The number of nitrogens with one attached hydrogen (secondary N) is 1. The van der Waals surface area contributed by atoms with Crippen LogP contribution in [0.5, 0.6) is 0 Å². The van der Waals surface area contributed by atoms with Gasteiger partial charge in [0.25, 0.3) is 0 Å². The molecule has 1 aliphatic rings. The number of carbonyl (C=O) groups excluding carboxylic acids is 3. The molecule has 3 rings (SSSR count). The van der Waals surface area contributed by atoms with Crippen LogP contribution in [0.3, 0.4) is 0 Å². The van der Waals surface area contributed by atoms with Crippen LogP contribution >= 0.6 is 0 Å². The highest BCUT2D eigenvalue weighted by Crippen LogP contribution is 2.44. The monoisotopic (exact) mass is 469 g/mol. The topological polar surface area (TPSA) is 128 Å². The van der Waals surface area contributed by atoms with Crippen molar-refractivity contribution in [2.24, 2.45) is 5.92 Å². The van der Waals surface area contributed by atoms with Crippen LogP contribution < -0.4 is 5.32 Å². The van der Waals surface area contributed by atoms with Crippen molar-refractivity contribution in [3.63, 3.8) is 0 Å². The van der Waals surface area contributed by atoms with E-state index in [2.05, 4.69) is 5.32 Å². The number of fused-ring (bicyclic) bond motifs is 3. The van der Waals surface area contributed by atoms with Crippen molar-refractivity contribution >= 4 is 24.0 Å². The van der Waals surface area contributed by atoms with Crippen LogP contribution in [-0.2, 0) is 28.6 Å². The molecule has 0 aromatic heterocycles. The zero-order valence-electron chi connectivity index (χ0n) is 19.1. The number of hydrogen-bond donors (Lipinski definition) is 2. The summed E-state index contributed by atoms with van der Waals surface area (Å²) in [5.41, 5.74) is 4.18. The molecule has 1 aliphatic carbocycles. The Morgan fingerprint density at radius 1 is 0.912 bits per heavy atom. The van der Waals surface area contributed by atoms with Crippen molar-refractivity contribution in [2.45, 2.75) is 38.8 Å². The number of carbonyl (C=O) groups is 4. The van der Waals surface area contributed by atoms with Crippen LogP contribution in [0, 0.1) is 5.92 Å². The van der Waals surface area contributed by atoms with Gasteiger partial charge < -0.3 is 24.6 Å². The van der Waals surface area contributed by atoms with E-state index in [4.69, 9.17) is 14.2 Å². The molecule has 0 saturated heterocycles. The minimum Gasteiger partial charge on any atom is -0.480 e. The Kier molecular flexibility index (Phi) is 7.88. The van der Waals surface area contributed by atoms with Crippen LogP contribution in [0.2, 0.25) is 0 Å². The molecule has 2 N–H and O–H groups in total. The SMILES string of the molecule is CC(=O)OC[C@H](OC(C)=O)[C@H](C)[C@H](NC(=O)OCC1c2ccccc2-c2ccccc21)C(=O)O. The average molecular weight is 469 g/mol. The molecule has 3 atom stereocenters. The summed E-state index contributed by atoms with van der Waals surface area (Å²) in [7, 11) is 0. The molecule has 0 bridgehead atoms. The quantitative estimate of drug-likeness (QED) is 0.424. The second kappa shape index (κ2) is 10.8. The maximum atomic E-state index is 12.6. The van der Waals surface area contributed by atoms with Gasteiger partial charge in [-0.15, -0.1) is 0 Å². The molecule has 0 radical (unpaired) electrons. The van der Waals surface area contributed by atoms with E-state index < -0.39 is 42.1 Å². The summed E-state index contributed by atoms with van der Waals surface area (Å²) < 4.78 is 15.4. The lowest BCUT2D eigenvalue weighted by Gasteiger charge is -2.28. The number of carboxylic acids is 1. The van der Waals surface area contributed by atoms with Crippen LogP contribution in [0.4, 0.5) is 4.79 Å². The fourth-order valence-electron chi connectivity index (χ4n) is 4.11.